The maximum absolute atomic E-state index is 6.09. The zero-order valence-electron chi connectivity index (χ0n) is 17.2. The fraction of sp³-hybridized carbons (Fsp3) is 0.261. The molecule has 1 aromatic carbocycles. The van der Waals surface area contributed by atoms with Gasteiger partial charge in [0.25, 0.3) is 0 Å². The Balaban J connectivity index is 1.68. The Morgan fingerprint density at radius 2 is 2.03 bits per heavy atom. The maximum atomic E-state index is 6.09. The van der Waals surface area contributed by atoms with Crippen LogP contribution in [0.15, 0.2) is 36.5 Å². The molecule has 152 valence electrons. The third-order valence-electron chi connectivity index (χ3n) is 5.41. The highest BCUT2D eigenvalue weighted by atomic mass is 16.5. The lowest BCUT2D eigenvalue weighted by Gasteiger charge is -2.16. The van der Waals surface area contributed by atoms with Gasteiger partial charge >= 0.3 is 0 Å². The molecule has 0 saturated heterocycles. The number of nitrogens with one attached hydrogen (secondary N) is 1. The first kappa shape index (κ1) is 18.6. The summed E-state index contributed by atoms with van der Waals surface area (Å²) in [7, 11) is 1.94. The molecule has 1 N–H and O–H groups in total. The number of pyridine rings is 1. The summed E-state index contributed by atoms with van der Waals surface area (Å²) in [5.74, 6) is 0.730. The maximum Gasteiger partial charge on any atom is 0.145 e. The second-order valence-corrected chi connectivity index (χ2v) is 7.47. The highest BCUT2D eigenvalue weighted by molar-refractivity contribution is 5.92. The number of hydrogen-bond donors (Lipinski definition) is 1. The zero-order valence-corrected chi connectivity index (χ0v) is 17.2. The van der Waals surface area contributed by atoms with Crippen molar-refractivity contribution in [2.75, 3.05) is 13.2 Å². The standard InChI is InChI=1S/C23H23N5O2/c1-14-4-9-22-21(25-14)8-7-20-17-12-16(5-6-19(17)26-27-20)18-13-24-28(3)23(18)15(2)29-10-11-30-22/h4-9,12-13,15H,10-11H2,1-3H3,(H,26,27)/b8-7+/t15-/m1/s1. The van der Waals surface area contributed by atoms with Crippen molar-refractivity contribution in [3.05, 3.63) is 59.3 Å². The van der Waals surface area contributed by atoms with Crippen LogP contribution in [0.2, 0.25) is 0 Å². The van der Waals surface area contributed by atoms with E-state index in [1.54, 1.807) is 0 Å². The van der Waals surface area contributed by atoms with E-state index in [9.17, 15) is 0 Å². The van der Waals surface area contributed by atoms with E-state index in [2.05, 4.69) is 32.4 Å². The highest BCUT2D eigenvalue weighted by Gasteiger charge is 2.19. The molecular weight excluding hydrogens is 378 g/mol. The molecule has 1 atom stereocenters. The fourth-order valence-electron chi connectivity index (χ4n) is 3.90. The van der Waals surface area contributed by atoms with Gasteiger partial charge in [0.2, 0.25) is 0 Å². The van der Waals surface area contributed by atoms with E-state index in [1.807, 2.05) is 62.1 Å². The van der Waals surface area contributed by atoms with Gasteiger partial charge in [-0.25, -0.2) is 4.98 Å². The van der Waals surface area contributed by atoms with Crippen LogP contribution in [-0.2, 0) is 11.8 Å². The first-order valence-corrected chi connectivity index (χ1v) is 10.0. The molecule has 0 unspecified atom stereocenters. The summed E-state index contributed by atoms with van der Waals surface area (Å²) < 4.78 is 13.9. The van der Waals surface area contributed by atoms with Gasteiger partial charge in [0.15, 0.2) is 0 Å². The molecule has 1 aliphatic rings. The van der Waals surface area contributed by atoms with Crippen molar-refractivity contribution < 1.29 is 9.47 Å². The average molecular weight is 401 g/mol. The van der Waals surface area contributed by atoms with Gasteiger partial charge in [0.05, 0.1) is 35.8 Å². The molecule has 0 amide bonds. The number of ether oxygens (including phenoxy) is 2. The van der Waals surface area contributed by atoms with Gasteiger partial charge in [-0.15, -0.1) is 0 Å². The molecule has 4 aromatic rings. The lowest BCUT2D eigenvalue weighted by molar-refractivity contribution is 0.0397. The number of nitrogens with zero attached hydrogens (tertiary/aromatic N) is 4. The number of hydrogen-bond acceptors (Lipinski definition) is 5. The number of H-pyrrole nitrogens is 1. The molecule has 5 rings (SSSR count). The molecule has 0 fully saturated rings. The van der Waals surface area contributed by atoms with Crippen LogP contribution in [0.25, 0.3) is 34.2 Å². The summed E-state index contributed by atoms with van der Waals surface area (Å²) >= 11 is 0. The van der Waals surface area contributed by atoms with E-state index in [0.717, 1.165) is 50.6 Å². The van der Waals surface area contributed by atoms with Crippen LogP contribution < -0.4 is 4.74 Å². The van der Waals surface area contributed by atoms with E-state index in [0.29, 0.717) is 13.2 Å². The Morgan fingerprint density at radius 3 is 2.93 bits per heavy atom. The van der Waals surface area contributed by atoms with E-state index < -0.39 is 0 Å². The number of aromatic nitrogens is 5. The van der Waals surface area contributed by atoms with Crippen molar-refractivity contribution in [1.29, 1.82) is 0 Å². The van der Waals surface area contributed by atoms with E-state index in [1.165, 1.54) is 0 Å². The first-order valence-electron chi connectivity index (χ1n) is 10.0. The van der Waals surface area contributed by atoms with Crippen LogP contribution >= 0.6 is 0 Å². The molecule has 1 aliphatic heterocycles. The summed E-state index contributed by atoms with van der Waals surface area (Å²) in [5.41, 5.74) is 6.71. The summed E-state index contributed by atoms with van der Waals surface area (Å²) in [6, 6.07) is 10.1. The molecular formula is C23H23N5O2. The van der Waals surface area contributed by atoms with E-state index in [4.69, 9.17) is 9.47 Å². The molecule has 7 nitrogen and oxygen atoms in total. The SMILES string of the molecule is Cc1ccc2c(n1)/C=C/c1[nH]nc3ccc(cc13)-c1cnn(C)c1[C@@H](C)OCCO2. The van der Waals surface area contributed by atoms with Gasteiger partial charge < -0.3 is 9.47 Å². The quantitative estimate of drug-likeness (QED) is 0.475. The monoisotopic (exact) mass is 401 g/mol. The van der Waals surface area contributed by atoms with Gasteiger partial charge in [0, 0.05) is 23.7 Å². The van der Waals surface area contributed by atoms with Crippen molar-refractivity contribution in [3.8, 4) is 16.9 Å². The topological polar surface area (TPSA) is 77.9 Å². The second kappa shape index (κ2) is 7.42. The predicted octanol–water partition coefficient (Wildman–Crippen LogP) is 4.31. The van der Waals surface area contributed by atoms with Crippen molar-refractivity contribution in [1.82, 2.24) is 25.0 Å². The van der Waals surface area contributed by atoms with E-state index >= 15 is 0 Å². The summed E-state index contributed by atoms with van der Waals surface area (Å²) in [4.78, 5) is 4.63. The molecule has 0 radical (unpaired) electrons. The van der Waals surface area contributed by atoms with Gasteiger partial charge in [-0.05, 0) is 55.8 Å². The molecule has 0 aliphatic carbocycles. The lowest BCUT2D eigenvalue weighted by Crippen LogP contribution is -2.13. The lowest BCUT2D eigenvalue weighted by atomic mass is 10.0. The number of aryl methyl sites for hydroxylation is 2. The van der Waals surface area contributed by atoms with Gasteiger partial charge in [-0.2, -0.15) is 10.2 Å². The Labute approximate surface area is 174 Å². The Hall–Kier alpha value is -3.45. The van der Waals surface area contributed by atoms with E-state index in [-0.39, 0.29) is 6.10 Å². The zero-order chi connectivity index (χ0) is 20.7. The Kier molecular flexibility index (Phi) is 4.59. The minimum Gasteiger partial charge on any atom is -0.489 e. The summed E-state index contributed by atoms with van der Waals surface area (Å²) in [5, 5.41) is 13.1. The summed E-state index contributed by atoms with van der Waals surface area (Å²) in [6.45, 7) is 4.91. The van der Waals surface area contributed by atoms with Gasteiger partial charge in [0.1, 0.15) is 18.1 Å². The number of aromatic amines is 1. The minimum absolute atomic E-state index is 0.130. The normalized spacial score (nSPS) is 17.6. The predicted molar refractivity (Wildman–Crippen MR) is 116 cm³/mol. The van der Waals surface area contributed by atoms with Crippen molar-refractivity contribution in [2.24, 2.45) is 7.05 Å². The van der Waals surface area contributed by atoms with Crippen LogP contribution in [0.5, 0.6) is 5.75 Å². The summed E-state index contributed by atoms with van der Waals surface area (Å²) in [6.07, 6.45) is 5.72. The Morgan fingerprint density at radius 1 is 1.13 bits per heavy atom. The van der Waals surface area contributed by atoms with Crippen LogP contribution in [-0.4, -0.2) is 38.2 Å². The molecule has 0 saturated carbocycles. The third-order valence-corrected chi connectivity index (χ3v) is 5.41. The number of fused-ring (bicyclic) bond motifs is 4. The fourth-order valence-corrected chi connectivity index (χ4v) is 3.90. The number of rotatable bonds is 0. The molecule has 7 heteroatoms. The second-order valence-electron chi connectivity index (χ2n) is 7.47. The van der Waals surface area contributed by atoms with Crippen LogP contribution in [0.4, 0.5) is 0 Å². The molecule has 2 bridgehead atoms. The number of benzene rings is 1. The average Bonchev–Trinajstić information content (AvgIpc) is 3.32. The Bertz CT molecular complexity index is 1250. The first-order chi connectivity index (χ1) is 14.6. The molecule has 3 aromatic heterocycles. The smallest absolute Gasteiger partial charge is 0.145 e. The highest BCUT2D eigenvalue weighted by Crippen LogP contribution is 2.32. The third kappa shape index (κ3) is 3.27. The van der Waals surface area contributed by atoms with Crippen LogP contribution in [0.1, 0.15) is 35.8 Å². The van der Waals surface area contributed by atoms with Gasteiger partial charge in [-0.3, -0.25) is 9.78 Å². The van der Waals surface area contributed by atoms with Crippen molar-refractivity contribution in [2.45, 2.75) is 20.0 Å². The largest absolute Gasteiger partial charge is 0.489 e. The molecule has 4 heterocycles. The van der Waals surface area contributed by atoms with Crippen molar-refractivity contribution in [3.63, 3.8) is 0 Å². The minimum atomic E-state index is -0.130. The van der Waals surface area contributed by atoms with Crippen molar-refractivity contribution >= 4 is 23.1 Å². The molecule has 0 spiro atoms. The van der Waals surface area contributed by atoms with Gasteiger partial charge in [-0.1, -0.05) is 6.07 Å². The van der Waals surface area contributed by atoms with Crippen LogP contribution in [0, 0.1) is 6.92 Å². The van der Waals surface area contributed by atoms with Crippen LogP contribution in [0.3, 0.4) is 0 Å². The molecule has 30 heavy (non-hydrogen) atoms.